The van der Waals surface area contributed by atoms with Gasteiger partial charge in [0, 0.05) is 24.6 Å². The average molecular weight is 712 g/mol. The summed E-state index contributed by atoms with van der Waals surface area (Å²) < 4.78 is 42.5. The molecule has 3 N–H and O–H groups in total. The zero-order valence-electron chi connectivity index (χ0n) is 29.4. The van der Waals surface area contributed by atoms with Crippen molar-refractivity contribution < 1.29 is 27.8 Å². The van der Waals surface area contributed by atoms with Crippen LogP contribution >= 0.6 is 0 Å². The van der Waals surface area contributed by atoms with Gasteiger partial charge < -0.3 is 24.8 Å². The maximum absolute atomic E-state index is 13.5. The molecular formula is C41H49N3O6S. The smallest absolute Gasteiger partial charge is 0.241 e. The number of piperidine rings is 1. The largest absolute Gasteiger partial charge is 0.392 e. The lowest BCUT2D eigenvalue weighted by Gasteiger charge is -2.43. The number of hydrogen-bond donors (Lipinski definition) is 3. The van der Waals surface area contributed by atoms with Gasteiger partial charge >= 0.3 is 0 Å². The highest BCUT2D eigenvalue weighted by molar-refractivity contribution is 7.89. The maximum atomic E-state index is 13.5. The van der Waals surface area contributed by atoms with E-state index in [4.69, 9.17) is 9.47 Å². The minimum atomic E-state index is -3.94. The minimum absolute atomic E-state index is 0.00575. The first-order valence-corrected chi connectivity index (χ1v) is 19.4. The van der Waals surface area contributed by atoms with Crippen LogP contribution < -0.4 is 10.0 Å². The highest BCUT2D eigenvalue weighted by Gasteiger charge is 2.39. The maximum Gasteiger partial charge on any atom is 0.241 e. The number of nitrogens with one attached hydrogen (secondary N) is 2. The van der Waals surface area contributed by atoms with Crippen LogP contribution in [-0.2, 0) is 43.9 Å². The number of hydrogen-bond acceptors (Lipinski definition) is 7. The van der Waals surface area contributed by atoms with E-state index in [0.717, 1.165) is 53.0 Å². The van der Waals surface area contributed by atoms with Crippen LogP contribution in [0.1, 0.15) is 72.0 Å². The van der Waals surface area contributed by atoms with E-state index >= 15 is 0 Å². The van der Waals surface area contributed by atoms with Gasteiger partial charge in [-0.2, -0.15) is 4.72 Å². The molecule has 2 aliphatic rings. The molecule has 2 aliphatic heterocycles. The summed E-state index contributed by atoms with van der Waals surface area (Å²) in [7, 11) is -3.94. The molecule has 0 spiro atoms. The van der Waals surface area contributed by atoms with Crippen molar-refractivity contribution in [1.82, 2.24) is 14.9 Å². The third-order valence-corrected chi connectivity index (χ3v) is 11.4. The molecule has 0 unspecified atom stereocenters. The van der Waals surface area contributed by atoms with Gasteiger partial charge in [-0.3, -0.25) is 4.79 Å². The Balaban J connectivity index is 1.14. The Bertz CT molecular complexity index is 1810. The summed E-state index contributed by atoms with van der Waals surface area (Å²) in [6.07, 6.45) is 3.09. The molecule has 2 saturated heterocycles. The lowest BCUT2D eigenvalue weighted by Crippen LogP contribution is -2.47. The van der Waals surface area contributed by atoms with E-state index in [1.165, 1.54) is 19.3 Å². The number of sulfonamides is 1. The van der Waals surface area contributed by atoms with Crippen LogP contribution in [0.5, 0.6) is 0 Å². The number of amides is 1. The first kappa shape index (κ1) is 36.9. The van der Waals surface area contributed by atoms with Crippen molar-refractivity contribution in [2.75, 3.05) is 19.6 Å². The number of carbonyl (C=O) groups excluding carboxylic acids is 1. The molecule has 5 atom stereocenters. The van der Waals surface area contributed by atoms with Crippen molar-refractivity contribution in [1.29, 1.82) is 0 Å². The first-order chi connectivity index (χ1) is 24.7. The number of nitrogens with zero attached hydrogens (tertiary/aromatic N) is 1. The van der Waals surface area contributed by atoms with E-state index in [0.29, 0.717) is 0 Å². The van der Waals surface area contributed by atoms with Crippen LogP contribution in [0.15, 0.2) is 108 Å². The van der Waals surface area contributed by atoms with Crippen LogP contribution in [0.25, 0.3) is 0 Å². The highest BCUT2D eigenvalue weighted by Crippen LogP contribution is 2.42. The molecule has 0 aromatic heterocycles. The van der Waals surface area contributed by atoms with Gasteiger partial charge in [-0.15, -0.1) is 0 Å². The zero-order valence-corrected chi connectivity index (χ0v) is 30.2. The van der Waals surface area contributed by atoms with E-state index < -0.39 is 28.3 Å². The topological polar surface area (TPSA) is 117 Å². The number of carbonyl (C=O) groups is 1. The van der Waals surface area contributed by atoms with Gasteiger partial charge in [0.2, 0.25) is 15.9 Å². The SMILES string of the molecule is Cc1ccc(S(=O)(=O)N[C@H](Cc2ccccc2)C(=O)NCc2ccc([C@H]3O[C@@H](CN4CCCCC4)[C@@H](C)[C@@H](c4ccc(CO)cc4)O3)cc2)cc1. The fraction of sp³-hybridized carbons (Fsp3) is 0.390. The van der Waals surface area contributed by atoms with Crippen molar-refractivity contribution in [3.05, 3.63) is 137 Å². The fourth-order valence-corrected chi connectivity index (χ4v) is 8.04. The predicted molar refractivity (Wildman–Crippen MR) is 197 cm³/mol. The fourth-order valence-electron chi connectivity index (χ4n) is 6.84. The van der Waals surface area contributed by atoms with Crippen LogP contribution in [-0.4, -0.2) is 56.1 Å². The minimum Gasteiger partial charge on any atom is -0.392 e. The van der Waals surface area contributed by atoms with Crippen LogP contribution in [0.2, 0.25) is 0 Å². The lowest BCUT2D eigenvalue weighted by molar-refractivity contribution is -0.276. The second-order valence-electron chi connectivity index (χ2n) is 13.8. The number of likely N-dealkylation sites (tertiary alicyclic amines) is 1. The average Bonchev–Trinajstić information content (AvgIpc) is 3.15. The quantitative estimate of drug-likeness (QED) is 0.157. The monoisotopic (exact) mass is 711 g/mol. The van der Waals surface area contributed by atoms with E-state index in [1.807, 2.05) is 85.8 Å². The van der Waals surface area contributed by atoms with E-state index in [1.54, 1.807) is 24.3 Å². The number of aliphatic hydroxyl groups is 1. The predicted octanol–water partition coefficient (Wildman–Crippen LogP) is 5.97. The molecule has 4 aromatic carbocycles. The van der Waals surface area contributed by atoms with Gasteiger partial charge in [0.15, 0.2) is 6.29 Å². The number of rotatable bonds is 13. The molecule has 4 aromatic rings. The Kier molecular flexibility index (Phi) is 12.3. The summed E-state index contributed by atoms with van der Waals surface area (Å²) >= 11 is 0. The molecule has 51 heavy (non-hydrogen) atoms. The lowest BCUT2D eigenvalue weighted by atomic mass is 9.89. The summed E-state index contributed by atoms with van der Waals surface area (Å²) in [5, 5.41) is 12.5. The molecule has 270 valence electrons. The van der Waals surface area contributed by atoms with Crippen LogP contribution in [0.3, 0.4) is 0 Å². The van der Waals surface area contributed by atoms with Gasteiger partial charge in [-0.1, -0.05) is 110 Å². The Morgan fingerprint density at radius 2 is 1.47 bits per heavy atom. The third-order valence-electron chi connectivity index (χ3n) is 9.96. The second kappa shape index (κ2) is 17.1. The van der Waals surface area contributed by atoms with Gasteiger partial charge in [0.25, 0.3) is 0 Å². The molecule has 6 rings (SSSR count). The molecular weight excluding hydrogens is 663 g/mol. The Morgan fingerprint density at radius 3 is 2.14 bits per heavy atom. The van der Waals surface area contributed by atoms with E-state index in [9.17, 15) is 18.3 Å². The van der Waals surface area contributed by atoms with E-state index in [2.05, 4.69) is 21.9 Å². The van der Waals surface area contributed by atoms with Gasteiger partial charge in [-0.05, 0) is 73.7 Å². The molecule has 9 nitrogen and oxygen atoms in total. The summed E-state index contributed by atoms with van der Waals surface area (Å²) in [6.45, 7) is 7.29. The standard InChI is InChI=1S/C41H49N3O6S/c1-29-11-21-36(22-12-29)51(47,48)43-37(25-31-9-5-3-6-10-31)40(46)42-26-32-13-19-35(20-14-32)41-49-38(27-44-23-7-4-8-24-44)30(2)39(50-41)34-17-15-33(28-45)16-18-34/h3,5-6,9-22,30,37-39,41,43,45H,4,7-8,23-28H2,1-2H3,(H,42,46)/t30-,37-,38+,39+,41+/m1/s1. The molecule has 0 radical (unpaired) electrons. The van der Waals surface area contributed by atoms with Gasteiger partial charge in [0.05, 0.1) is 23.7 Å². The molecule has 0 saturated carbocycles. The highest BCUT2D eigenvalue weighted by atomic mass is 32.2. The van der Waals surface area contributed by atoms with Crippen molar-refractivity contribution >= 4 is 15.9 Å². The van der Waals surface area contributed by atoms with Crippen molar-refractivity contribution in [2.24, 2.45) is 5.92 Å². The van der Waals surface area contributed by atoms with Crippen molar-refractivity contribution in [3.8, 4) is 0 Å². The number of aryl methyl sites for hydroxylation is 1. The molecule has 2 heterocycles. The number of benzene rings is 4. The molecule has 0 aliphatic carbocycles. The van der Waals surface area contributed by atoms with Crippen LogP contribution in [0, 0.1) is 12.8 Å². The first-order valence-electron chi connectivity index (χ1n) is 17.9. The van der Waals surface area contributed by atoms with Gasteiger partial charge in [-0.25, -0.2) is 8.42 Å². The Labute approximate surface area is 302 Å². The van der Waals surface area contributed by atoms with Gasteiger partial charge in [0.1, 0.15) is 6.04 Å². The number of aliphatic hydroxyl groups excluding tert-OH is 1. The van der Waals surface area contributed by atoms with Crippen molar-refractivity contribution in [2.45, 2.75) is 82.1 Å². The molecule has 1 amide bonds. The Hall–Kier alpha value is -3.90. The van der Waals surface area contributed by atoms with E-state index in [-0.39, 0.29) is 42.6 Å². The normalized spacial score (nSPS) is 21.9. The Morgan fingerprint density at radius 1 is 0.824 bits per heavy atom. The van der Waals surface area contributed by atoms with Crippen LogP contribution in [0.4, 0.5) is 0 Å². The van der Waals surface area contributed by atoms with Crippen molar-refractivity contribution in [3.63, 3.8) is 0 Å². The summed E-state index contributed by atoms with van der Waals surface area (Å²) in [5.41, 5.74) is 5.44. The summed E-state index contributed by atoms with van der Waals surface area (Å²) in [6, 6.07) is 30.7. The molecule has 2 fully saturated rings. The third kappa shape index (κ3) is 9.71. The molecule has 10 heteroatoms. The second-order valence-corrected chi connectivity index (χ2v) is 15.5. The zero-order chi connectivity index (χ0) is 35.8. The molecule has 0 bridgehead atoms. The summed E-state index contributed by atoms with van der Waals surface area (Å²) in [5.74, 6) is -0.299. The summed E-state index contributed by atoms with van der Waals surface area (Å²) in [4.78, 5) is 16.2. The number of ether oxygens (including phenoxy) is 2.